The molecule has 5 heteroatoms. The minimum atomic E-state index is 0.424. The SMILES string of the molecule is CCCCN(c1nc(NCCC)ncc1Cl)C(C)CC. The predicted molar refractivity (Wildman–Crippen MR) is 87.8 cm³/mol. The van der Waals surface area contributed by atoms with E-state index in [9.17, 15) is 0 Å². The lowest BCUT2D eigenvalue weighted by Gasteiger charge is -2.30. The van der Waals surface area contributed by atoms with Gasteiger partial charge in [-0.05, 0) is 26.2 Å². The Morgan fingerprint density at radius 1 is 1.30 bits per heavy atom. The molecular weight excluding hydrogens is 272 g/mol. The summed E-state index contributed by atoms with van der Waals surface area (Å²) >= 11 is 6.31. The first-order valence-corrected chi connectivity index (χ1v) is 8.04. The molecule has 1 aromatic heterocycles. The molecule has 1 rings (SSSR count). The monoisotopic (exact) mass is 298 g/mol. The van der Waals surface area contributed by atoms with Gasteiger partial charge in [0, 0.05) is 19.1 Å². The minimum Gasteiger partial charge on any atom is -0.354 e. The van der Waals surface area contributed by atoms with Crippen molar-refractivity contribution in [2.45, 2.75) is 59.4 Å². The lowest BCUT2D eigenvalue weighted by atomic mass is 10.2. The smallest absolute Gasteiger partial charge is 0.224 e. The Hall–Kier alpha value is -1.03. The number of hydrogen-bond donors (Lipinski definition) is 1. The first-order valence-electron chi connectivity index (χ1n) is 7.67. The summed E-state index contributed by atoms with van der Waals surface area (Å²) in [6.45, 7) is 10.6. The van der Waals surface area contributed by atoms with Crippen LogP contribution >= 0.6 is 11.6 Å². The van der Waals surface area contributed by atoms with Crippen LogP contribution in [-0.4, -0.2) is 29.1 Å². The number of unbranched alkanes of at least 4 members (excludes halogenated alkanes) is 1. The van der Waals surface area contributed by atoms with Crippen molar-refractivity contribution in [3.8, 4) is 0 Å². The number of aromatic nitrogens is 2. The van der Waals surface area contributed by atoms with Gasteiger partial charge in [-0.25, -0.2) is 4.98 Å². The zero-order valence-electron chi connectivity index (χ0n) is 13.1. The Balaban J connectivity index is 2.97. The van der Waals surface area contributed by atoms with Crippen LogP contribution < -0.4 is 10.2 Å². The molecule has 0 saturated carbocycles. The van der Waals surface area contributed by atoms with Gasteiger partial charge in [-0.3, -0.25) is 0 Å². The summed E-state index contributed by atoms with van der Waals surface area (Å²) in [4.78, 5) is 11.1. The first-order chi connectivity index (χ1) is 9.63. The Kier molecular flexibility index (Phi) is 7.67. The van der Waals surface area contributed by atoms with Crippen molar-refractivity contribution in [2.24, 2.45) is 0 Å². The molecule has 1 N–H and O–H groups in total. The molecule has 0 spiro atoms. The zero-order valence-corrected chi connectivity index (χ0v) is 13.9. The molecular formula is C15H27ClN4. The molecule has 0 aromatic carbocycles. The van der Waals surface area contributed by atoms with Gasteiger partial charge < -0.3 is 10.2 Å². The molecule has 1 unspecified atom stereocenters. The van der Waals surface area contributed by atoms with Crippen LogP contribution in [0.15, 0.2) is 6.20 Å². The Bertz CT molecular complexity index is 397. The Morgan fingerprint density at radius 3 is 2.65 bits per heavy atom. The quantitative estimate of drug-likeness (QED) is 0.735. The van der Waals surface area contributed by atoms with E-state index in [0.29, 0.717) is 17.0 Å². The highest BCUT2D eigenvalue weighted by atomic mass is 35.5. The van der Waals surface area contributed by atoms with E-state index >= 15 is 0 Å². The highest BCUT2D eigenvalue weighted by Crippen LogP contribution is 2.26. The van der Waals surface area contributed by atoms with E-state index in [1.807, 2.05) is 0 Å². The van der Waals surface area contributed by atoms with Crippen molar-refractivity contribution in [1.29, 1.82) is 0 Å². The summed E-state index contributed by atoms with van der Waals surface area (Å²) < 4.78 is 0. The first kappa shape index (κ1) is 17.0. The van der Waals surface area contributed by atoms with Crippen LogP contribution in [0, 0.1) is 0 Å². The molecule has 0 amide bonds. The maximum atomic E-state index is 6.31. The van der Waals surface area contributed by atoms with Crippen LogP contribution in [0.5, 0.6) is 0 Å². The van der Waals surface area contributed by atoms with E-state index in [2.05, 4.69) is 47.9 Å². The molecule has 4 nitrogen and oxygen atoms in total. The van der Waals surface area contributed by atoms with Crippen LogP contribution in [0.3, 0.4) is 0 Å². The van der Waals surface area contributed by atoms with Crippen molar-refractivity contribution < 1.29 is 0 Å². The van der Waals surface area contributed by atoms with Gasteiger partial charge in [0.15, 0.2) is 5.82 Å². The number of rotatable bonds is 9. The maximum Gasteiger partial charge on any atom is 0.224 e. The minimum absolute atomic E-state index is 0.424. The highest BCUT2D eigenvalue weighted by Gasteiger charge is 2.18. The van der Waals surface area contributed by atoms with Gasteiger partial charge in [0.05, 0.1) is 6.20 Å². The fourth-order valence-electron chi connectivity index (χ4n) is 1.97. The van der Waals surface area contributed by atoms with Crippen molar-refractivity contribution in [2.75, 3.05) is 23.3 Å². The van der Waals surface area contributed by atoms with E-state index < -0.39 is 0 Å². The van der Waals surface area contributed by atoms with Gasteiger partial charge in [0.25, 0.3) is 0 Å². The van der Waals surface area contributed by atoms with Crippen LogP contribution in [0.4, 0.5) is 11.8 Å². The molecule has 1 heterocycles. The van der Waals surface area contributed by atoms with Gasteiger partial charge in [-0.15, -0.1) is 0 Å². The second-order valence-electron chi connectivity index (χ2n) is 5.10. The summed E-state index contributed by atoms with van der Waals surface area (Å²) in [7, 11) is 0. The standard InChI is InChI=1S/C15H27ClN4/c1-5-8-10-20(12(4)7-3)14-13(16)11-18-15(19-14)17-9-6-2/h11-12H,5-10H2,1-4H3,(H,17,18,19). The van der Waals surface area contributed by atoms with Gasteiger partial charge >= 0.3 is 0 Å². The largest absolute Gasteiger partial charge is 0.354 e. The van der Waals surface area contributed by atoms with Crippen molar-refractivity contribution in [3.63, 3.8) is 0 Å². The van der Waals surface area contributed by atoms with Crippen LogP contribution in [-0.2, 0) is 0 Å². The number of anilines is 2. The lowest BCUT2D eigenvalue weighted by molar-refractivity contribution is 0.589. The molecule has 0 aliphatic heterocycles. The zero-order chi connectivity index (χ0) is 15.0. The fourth-order valence-corrected chi connectivity index (χ4v) is 2.17. The van der Waals surface area contributed by atoms with E-state index in [0.717, 1.165) is 44.6 Å². The molecule has 0 bridgehead atoms. The second-order valence-corrected chi connectivity index (χ2v) is 5.50. The molecule has 114 valence electrons. The molecule has 0 fully saturated rings. The fraction of sp³-hybridized carbons (Fsp3) is 0.733. The summed E-state index contributed by atoms with van der Waals surface area (Å²) in [5.41, 5.74) is 0. The van der Waals surface area contributed by atoms with E-state index in [4.69, 9.17) is 11.6 Å². The van der Waals surface area contributed by atoms with E-state index in [1.165, 1.54) is 0 Å². The van der Waals surface area contributed by atoms with Crippen LogP contribution in [0.1, 0.15) is 53.4 Å². The molecule has 1 atom stereocenters. The van der Waals surface area contributed by atoms with E-state index in [-0.39, 0.29) is 0 Å². The number of halogens is 1. The average Bonchev–Trinajstić information content (AvgIpc) is 2.47. The summed E-state index contributed by atoms with van der Waals surface area (Å²) in [6, 6.07) is 0.424. The second kappa shape index (κ2) is 9.01. The number of hydrogen-bond acceptors (Lipinski definition) is 4. The third-order valence-corrected chi connectivity index (χ3v) is 3.67. The third-order valence-electron chi connectivity index (χ3n) is 3.41. The van der Waals surface area contributed by atoms with Gasteiger partial charge in [0.1, 0.15) is 5.02 Å². The topological polar surface area (TPSA) is 41.1 Å². The number of nitrogens with zero attached hydrogens (tertiary/aromatic N) is 3. The van der Waals surface area contributed by atoms with Crippen molar-refractivity contribution in [3.05, 3.63) is 11.2 Å². The lowest BCUT2D eigenvalue weighted by Crippen LogP contribution is -2.34. The van der Waals surface area contributed by atoms with Gasteiger partial charge in [-0.2, -0.15) is 4.98 Å². The summed E-state index contributed by atoms with van der Waals surface area (Å²) in [6.07, 6.45) is 6.12. The third kappa shape index (κ3) is 4.82. The van der Waals surface area contributed by atoms with Crippen LogP contribution in [0.25, 0.3) is 0 Å². The summed E-state index contributed by atoms with van der Waals surface area (Å²) in [5, 5.41) is 3.85. The molecule has 0 radical (unpaired) electrons. The normalized spacial score (nSPS) is 12.2. The van der Waals surface area contributed by atoms with Crippen molar-refractivity contribution >= 4 is 23.4 Å². The van der Waals surface area contributed by atoms with Crippen LogP contribution in [0.2, 0.25) is 5.02 Å². The molecule has 0 saturated heterocycles. The van der Waals surface area contributed by atoms with Gasteiger partial charge in [0.2, 0.25) is 5.95 Å². The number of nitrogens with one attached hydrogen (secondary N) is 1. The molecule has 0 aliphatic carbocycles. The Morgan fingerprint density at radius 2 is 2.05 bits per heavy atom. The highest BCUT2D eigenvalue weighted by molar-refractivity contribution is 6.32. The van der Waals surface area contributed by atoms with Crippen molar-refractivity contribution in [1.82, 2.24) is 9.97 Å². The summed E-state index contributed by atoms with van der Waals surface area (Å²) in [5.74, 6) is 1.51. The average molecular weight is 299 g/mol. The van der Waals surface area contributed by atoms with Gasteiger partial charge in [-0.1, -0.05) is 38.8 Å². The molecule has 0 aliphatic rings. The molecule has 20 heavy (non-hydrogen) atoms. The Labute approximate surface area is 127 Å². The maximum absolute atomic E-state index is 6.31. The predicted octanol–water partition coefficient (Wildman–Crippen LogP) is 4.36. The van der Waals surface area contributed by atoms with E-state index in [1.54, 1.807) is 6.20 Å². The molecule has 1 aromatic rings.